The molecular formula is C24H24N2O4. The highest BCUT2D eigenvalue weighted by Crippen LogP contribution is 2.65. The molecule has 2 heterocycles. The number of rotatable bonds is 3. The highest BCUT2D eigenvalue weighted by atomic mass is 16.6. The third kappa shape index (κ3) is 2.49. The van der Waals surface area contributed by atoms with Crippen molar-refractivity contribution in [2.24, 2.45) is 0 Å². The number of hydrogen-bond acceptors (Lipinski definition) is 4. The summed E-state index contributed by atoms with van der Waals surface area (Å²) in [5.74, 6) is 0. The lowest BCUT2D eigenvalue weighted by Gasteiger charge is -2.56. The van der Waals surface area contributed by atoms with Gasteiger partial charge in [-0.1, -0.05) is 55.5 Å². The Morgan fingerprint density at radius 1 is 1.13 bits per heavy atom. The lowest BCUT2D eigenvalue weighted by Crippen LogP contribution is -2.65. The first-order valence-corrected chi connectivity index (χ1v) is 10.2. The van der Waals surface area contributed by atoms with Crippen molar-refractivity contribution < 1.29 is 19.1 Å². The first-order valence-electron chi connectivity index (χ1n) is 10.2. The summed E-state index contributed by atoms with van der Waals surface area (Å²) in [6, 6.07) is 17.6. The summed E-state index contributed by atoms with van der Waals surface area (Å²) >= 11 is 0. The van der Waals surface area contributed by atoms with Crippen LogP contribution in [0.3, 0.4) is 0 Å². The van der Waals surface area contributed by atoms with E-state index in [1.807, 2.05) is 54.7 Å². The van der Waals surface area contributed by atoms with Crippen LogP contribution in [-0.2, 0) is 21.5 Å². The third-order valence-corrected chi connectivity index (χ3v) is 6.92. The number of para-hydroxylation sites is 1. The average molecular weight is 404 g/mol. The summed E-state index contributed by atoms with van der Waals surface area (Å²) in [6.45, 7) is 5.37. The Morgan fingerprint density at radius 3 is 2.60 bits per heavy atom. The quantitative estimate of drug-likeness (QED) is 0.750. The van der Waals surface area contributed by atoms with E-state index in [1.54, 1.807) is 9.80 Å². The second-order valence-electron chi connectivity index (χ2n) is 8.44. The summed E-state index contributed by atoms with van der Waals surface area (Å²) in [6.07, 6.45) is 1.91. The number of carbonyl (C=O) groups excluding carboxylic acids is 2. The van der Waals surface area contributed by atoms with Crippen molar-refractivity contribution >= 4 is 17.9 Å². The minimum atomic E-state index is -0.604. The van der Waals surface area contributed by atoms with Crippen LogP contribution in [0.15, 0.2) is 66.4 Å². The van der Waals surface area contributed by atoms with Gasteiger partial charge < -0.3 is 9.47 Å². The molecule has 2 fully saturated rings. The molecule has 0 N–H and O–H groups in total. The zero-order valence-electron chi connectivity index (χ0n) is 17.1. The van der Waals surface area contributed by atoms with E-state index in [1.165, 1.54) is 0 Å². The van der Waals surface area contributed by atoms with Gasteiger partial charge >= 0.3 is 12.2 Å². The number of benzene rings is 2. The smallest absolute Gasteiger partial charge is 0.415 e. The maximum Gasteiger partial charge on any atom is 0.415 e. The van der Waals surface area contributed by atoms with Crippen molar-refractivity contribution in [1.29, 1.82) is 0 Å². The molecule has 6 nitrogen and oxygen atoms in total. The summed E-state index contributed by atoms with van der Waals surface area (Å²) in [4.78, 5) is 28.7. The van der Waals surface area contributed by atoms with Crippen LogP contribution in [0.1, 0.15) is 31.4 Å². The summed E-state index contributed by atoms with van der Waals surface area (Å²) in [5, 5.41) is 0. The summed E-state index contributed by atoms with van der Waals surface area (Å²) in [7, 11) is 0. The highest BCUT2D eigenvalue weighted by molar-refractivity contribution is 5.96. The van der Waals surface area contributed by atoms with E-state index in [0.29, 0.717) is 13.2 Å². The third-order valence-electron chi connectivity index (χ3n) is 6.92. The molecule has 1 saturated heterocycles. The Balaban J connectivity index is 1.50. The fourth-order valence-corrected chi connectivity index (χ4v) is 5.04. The maximum absolute atomic E-state index is 13.3. The molecule has 6 heteroatoms. The Labute approximate surface area is 175 Å². The van der Waals surface area contributed by atoms with Crippen molar-refractivity contribution in [2.45, 2.75) is 37.8 Å². The van der Waals surface area contributed by atoms with E-state index >= 15 is 0 Å². The number of fused-ring (bicyclic) bond motifs is 3. The van der Waals surface area contributed by atoms with Crippen LogP contribution in [0.25, 0.3) is 0 Å². The van der Waals surface area contributed by atoms with Gasteiger partial charge in [0.15, 0.2) is 0 Å². The molecule has 1 aliphatic carbocycles. The van der Waals surface area contributed by atoms with Crippen molar-refractivity contribution in [3.63, 3.8) is 0 Å². The van der Waals surface area contributed by atoms with Crippen molar-refractivity contribution in [1.82, 2.24) is 4.90 Å². The van der Waals surface area contributed by atoms with E-state index in [-0.39, 0.29) is 24.2 Å². The molecule has 2 atom stereocenters. The molecule has 0 bridgehead atoms. The topological polar surface area (TPSA) is 59.1 Å². The Morgan fingerprint density at radius 2 is 1.87 bits per heavy atom. The predicted molar refractivity (Wildman–Crippen MR) is 112 cm³/mol. The average Bonchev–Trinajstić information content (AvgIpc) is 3.22. The van der Waals surface area contributed by atoms with Gasteiger partial charge in [0.25, 0.3) is 0 Å². The van der Waals surface area contributed by atoms with Crippen LogP contribution in [0.5, 0.6) is 0 Å². The molecule has 2 aromatic carbocycles. The van der Waals surface area contributed by atoms with Crippen LogP contribution < -0.4 is 4.90 Å². The van der Waals surface area contributed by atoms with E-state index < -0.39 is 5.54 Å². The van der Waals surface area contributed by atoms with Gasteiger partial charge in [-0.25, -0.2) is 9.59 Å². The molecule has 0 unspecified atom stereocenters. The number of ether oxygens (including phenoxy) is 2. The molecule has 1 saturated carbocycles. The van der Waals surface area contributed by atoms with Gasteiger partial charge in [0, 0.05) is 11.6 Å². The maximum atomic E-state index is 13.3. The number of anilines is 1. The SMILES string of the molecule is C[C@@]12/C(=C\N3CCOC3=O)C[C@]1(C)c1ccccc1N2C(=O)OCc1ccccc1. The van der Waals surface area contributed by atoms with Crippen LogP contribution in [-0.4, -0.2) is 35.8 Å². The molecule has 0 radical (unpaired) electrons. The van der Waals surface area contributed by atoms with Gasteiger partial charge in [0.2, 0.25) is 0 Å². The monoisotopic (exact) mass is 404 g/mol. The first kappa shape index (κ1) is 18.7. The van der Waals surface area contributed by atoms with Gasteiger partial charge in [0.1, 0.15) is 13.2 Å². The van der Waals surface area contributed by atoms with Crippen LogP contribution >= 0.6 is 0 Å². The molecule has 2 amide bonds. The van der Waals surface area contributed by atoms with Gasteiger partial charge in [-0.05, 0) is 36.1 Å². The summed E-state index contributed by atoms with van der Waals surface area (Å²) in [5.41, 5.74) is 3.11. The molecule has 0 aromatic heterocycles. The lowest BCUT2D eigenvalue weighted by atomic mass is 9.52. The fourth-order valence-electron chi connectivity index (χ4n) is 5.04. The van der Waals surface area contributed by atoms with Gasteiger partial charge in [-0.3, -0.25) is 9.80 Å². The highest BCUT2D eigenvalue weighted by Gasteiger charge is 2.68. The second-order valence-corrected chi connectivity index (χ2v) is 8.44. The molecule has 30 heavy (non-hydrogen) atoms. The van der Waals surface area contributed by atoms with E-state index in [4.69, 9.17) is 9.47 Å². The van der Waals surface area contributed by atoms with Crippen LogP contribution in [0.2, 0.25) is 0 Å². The zero-order valence-corrected chi connectivity index (χ0v) is 17.1. The van der Waals surface area contributed by atoms with Crippen molar-refractivity contribution in [3.05, 3.63) is 77.5 Å². The predicted octanol–water partition coefficient (Wildman–Crippen LogP) is 4.60. The van der Waals surface area contributed by atoms with Crippen molar-refractivity contribution in [2.75, 3.05) is 18.1 Å². The minimum Gasteiger partial charge on any atom is -0.447 e. The Hall–Kier alpha value is -3.28. The molecule has 5 rings (SSSR count). The Bertz CT molecular complexity index is 1050. The number of hydrogen-bond donors (Lipinski definition) is 0. The zero-order chi connectivity index (χ0) is 20.9. The molecular weight excluding hydrogens is 380 g/mol. The molecule has 0 spiro atoms. The number of cyclic esters (lactones) is 1. The van der Waals surface area contributed by atoms with E-state index in [9.17, 15) is 9.59 Å². The van der Waals surface area contributed by atoms with Crippen LogP contribution in [0, 0.1) is 0 Å². The molecule has 2 aliphatic heterocycles. The lowest BCUT2D eigenvalue weighted by molar-refractivity contribution is 0.127. The van der Waals surface area contributed by atoms with Gasteiger partial charge in [0.05, 0.1) is 17.8 Å². The fraction of sp³-hybridized carbons (Fsp3) is 0.333. The molecule has 2 aromatic rings. The molecule has 3 aliphatic rings. The number of amides is 2. The number of carbonyl (C=O) groups is 2. The van der Waals surface area contributed by atoms with E-state index in [2.05, 4.69) is 19.9 Å². The number of nitrogens with zero attached hydrogens (tertiary/aromatic N) is 2. The first-order chi connectivity index (χ1) is 14.4. The largest absolute Gasteiger partial charge is 0.447 e. The van der Waals surface area contributed by atoms with Gasteiger partial charge in [-0.15, -0.1) is 0 Å². The standard InChI is InChI=1S/C24H24N2O4/c1-23-14-18(15-25-12-13-29-21(25)27)24(23,2)26(20-11-7-6-10-19(20)23)22(28)30-16-17-8-4-3-5-9-17/h3-11,15H,12-14,16H2,1-2H3/b18-15-/t23-,24-/m1/s1. The Kier molecular flexibility index (Phi) is 4.13. The minimum absolute atomic E-state index is 0.211. The van der Waals surface area contributed by atoms with Gasteiger partial charge in [-0.2, -0.15) is 0 Å². The van der Waals surface area contributed by atoms with E-state index in [0.717, 1.165) is 28.8 Å². The summed E-state index contributed by atoms with van der Waals surface area (Å²) < 4.78 is 10.8. The van der Waals surface area contributed by atoms with Crippen LogP contribution in [0.4, 0.5) is 15.3 Å². The second kappa shape index (κ2) is 6.62. The molecule has 154 valence electrons. The normalized spacial score (nSPS) is 28.1. The van der Waals surface area contributed by atoms with Crippen molar-refractivity contribution in [3.8, 4) is 0 Å².